The molecule has 2 aromatic heterocycles. The minimum atomic E-state index is -0.297. The molecule has 1 amide bonds. The summed E-state index contributed by atoms with van der Waals surface area (Å²) in [5.41, 5.74) is 2.26. The van der Waals surface area contributed by atoms with Crippen molar-refractivity contribution in [2.75, 3.05) is 20.3 Å². The van der Waals surface area contributed by atoms with Crippen molar-refractivity contribution >= 4 is 17.5 Å². The van der Waals surface area contributed by atoms with Gasteiger partial charge in [-0.25, -0.2) is 4.98 Å². The molecule has 0 spiro atoms. The van der Waals surface area contributed by atoms with E-state index in [0.29, 0.717) is 53.2 Å². The molecular formula is C20H20ClN3O4. The van der Waals surface area contributed by atoms with E-state index in [9.17, 15) is 4.79 Å². The zero-order valence-electron chi connectivity index (χ0n) is 15.6. The van der Waals surface area contributed by atoms with E-state index >= 15 is 0 Å². The molecule has 3 aromatic rings. The number of rotatable bonds is 8. The molecule has 1 aromatic carbocycles. The molecular weight excluding hydrogens is 382 g/mol. The molecule has 146 valence electrons. The van der Waals surface area contributed by atoms with E-state index in [4.69, 9.17) is 25.6 Å². The lowest BCUT2D eigenvalue weighted by Crippen LogP contribution is -2.23. The molecule has 0 saturated carbocycles. The predicted octanol–water partition coefficient (Wildman–Crippen LogP) is 3.65. The number of benzene rings is 1. The predicted molar refractivity (Wildman–Crippen MR) is 104 cm³/mol. The maximum absolute atomic E-state index is 12.7. The number of nitrogens with one attached hydrogen (secondary N) is 1. The highest BCUT2D eigenvalue weighted by Crippen LogP contribution is 2.30. The Labute approximate surface area is 167 Å². The molecule has 0 saturated heterocycles. The fraction of sp³-hybridized carbons (Fsp3) is 0.250. The third-order valence-corrected chi connectivity index (χ3v) is 4.34. The van der Waals surface area contributed by atoms with E-state index in [1.807, 2.05) is 18.2 Å². The van der Waals surface area contributed by atoms with Crippen LogP contribution in [0.3, 0.4) is 0 Å². The Balaban J connectivity index is 1.68. The number of halogens is 1. The lowest BCUT2D eigenvalue weighted by Gasteiger charge is -2.08. The number of carbonyl (C=O) groups is 1. The number of ether oxygens (including phenoxy) is 2. The molecule has 0 fully saturated rings. The van der Waals surface area contributed by atoms with Crippen LogP contribution >= 0.6 is 11.6 Å². The van der Waals surface area contributed by atoms with Gasteiger partial charge in [-0.2, -0.15) is 0 Å². The average Bonchev–Trinajstić information content (AvgIpc) is 3.09. The number of nitrogens with zero attached hydrogens (tertiary/aromatic N) is 2. The van der Waals surface area contributed by atoms with Crippen LogP contribution in [0.15, 0.2) is 47.1 Å². The molecule has 0 aliphatic rings. The first kappa shape index (κ1) is 19.9. The van der Waals surface area contributed by atoms with Crippen LogP contribution < -0.4 is 10.1 Å². The Kier molecular flexibility index (Phi) is 6.62. The first-order chi connectivity index (χ1) is 13.6. The molecule has 0 radical (unpaired) electrons. The van der Waals surface area contributed by atoms with E-state index in [1.54, 1.807) is 38.4 Å². The highest BCUT2D eigenvalue weighted by atomic mass is 35.5. The van der Waals surface area contributed by atoms with Crippen molar-refractivity contribution in [1.82, 2.24) is 15.5 Å². The number of hydrogen-bond donors (Lipinski definition) is 1. The van der Waals surface area contributed by atoms with Crippen LogP contribution in [-0.4, -0.2) is 36.4 Å². The Bertz CT molecular complexity index is 941. The number of aryl methyl sites for hydroxylation is 1. The number of hydrogen-bond acceptors (Lipinski definition) is 6. The normalized spacial score (nSPS) is 10.7. The maximum atomic E-state index is 12.7. The summed E-state index contributed by atoms with van der Waals surface area (Å²) in [4.78, 5) is 16.9. The Morgan fingerprint density at radius 3 is 2.75 bits per heavy atom. The van der Waals surface area contributed by atoms with Crippen LogP contribution in [0.25, 0.3) is 11.3 Å². The van der Waals surface area contributed by atoms with Crippen LogP contribution in [0.1, 0.15) is 21.7 Å². The van der Waals surface area contributed by atoms with Gasteiger partial charge < -0.3 is 19.3 Å². The van der Waals surface area contributed by atoms with E-state index in [1.165, 1.54) is 0 Å². The van der Waals surface area contributed by atoms with Crippen molar-refractivity contribution in [2.45, 2.75) is 13.5 Å². The fourth-order valence-corrected chi connectivity index (χ4v) is 2.80. The SMILES string of the molecule is COCCOc1ccc(CNC(=O)c2c(-c3ccccc3Cl)noc2C)cn1. The van der Waals surface area contributed by atoms with Gasteiger partial charge in [0.15, 0.2) is 0 Å². The third-order valence-electron chi connectivity index (χ3n) is 4.01. The van der Waals surface area contributed by atoms with Crippen molar-refractivity contribution in [3.05, 3.63) is 64.5 Å². The molecule has 3 rings (SSSR count). The Morgan fingerprint density at radius 1 is 1.21 bits per heavy atom. The Hall–Kier alpha value is -2.90. The molecule has 0 bridgehead atoms. The number of methoxy groups -OCH3 is 1. The van der Waals surface area contributed by atoms with Gasteiger partial charge in [0.2, 0.25) is 5.88 Å². The number of aromatic nitrogens is 2. The van der Waals surface area contributed by atoms with Gasteiger partial charge in [-0.3, -0.25) is 4.79 Å². The first-order valence-electron chi connectivity index (χ1n) is 8.66. The first-order valence-corrected chi connectivity index (χ1v) is 9.04. The minimum Gasteiger partial charge on any atom is -0.475 e. The maximum Gasteiger partial charge on any atom is 0.257 e. The standard InChI is InChI=1S/C20H20ClN3O4/c1-13-18(19(24-28-13)15-5-3-4-6-16(15)21)20(25)23-12-14-7-8-17(22-11-14)27-10-9-26-2/h3-8,11H,9-10,12H2,1-2H3,(H,23,25). The van der Waals surface area contributed by atoms with E-state index in [0.717, 1.165) is 5.56 Å². The third kappa shape index (κ3) is 4.68. The highest BCUT2D eigenvalue weighted by molar-refractivity contribution is 6.33. The zero-order chi connectivity index (χ0) is 19.9. The summed E-state index contributed by atoms with van der Waals surface area (Å²) < 4.78 is 15.6. The van der Waals surface area contributed by atoms with Crippen molar-refractivity contribution in [1.29, 1.82) is 0 Å². The van der Waals surface area contributed by atoms with Gasteiger partial charge in [-0.05, 0) is 18.6 Å². The van der Waals surface area contributed by atoms with E-state index < -0.39 is 0 Å². The summed E-state index contributed by atoms with van der Waals surface area (Å²) >= 11 is 6.24. The molecule has 28 heavy (non-hydrogen) atoms. The van der Waals surface area contributed by atoms with Crippen LogP contribution in [0.2, 0.25) is 5.02 Å². The van der Waals surface area contributed by atoms with Gasteiger partial charge in [0.25, 0.3) is 5.91 Å². The monoisotopic (exact) mass is 401 g/mol. The second kappa shape index (κ2) is 9.34. The molecule has 0 aliphatic carbocycles. The quantitative estimate of drug-likeness (QED) is 0.580. The lowest BCUT2D eigenvalue weighted by molar-refractivity contribution is 0.0950. The smallest absolute Gasteiger partial charge is 0.257 e. The zero-order valence-corrected chi connectivity index (χ0v) is 16.3. The fourth-order valence-electron chi connectivity index (χ4n) is 2.58. The Morgan fingerprint density at radius 2 is 2.04 bits per heavy atom. The molecule has 0 unspecified atom stereocenters. The highest BCUT2D eigenvalue weighted by Gasteiger charge is 2.22. The number of pyridine rings is 1. The number of carbonyl (C=O) groups excluding carboxylic acids is 1. The van der Waals surface area contributed by atoms with E-state index in [-0.39, 0.29) is 5.91 Å². The van der Waals surface area contributed by atoms with Crippen LogP contribution in [0, 0.1) is 6.92 Å². The van der Waals surface area contributed by atoms with Crippen molar-refractivity contribution in [2.24, 2.45) is 0 Å². The minimum absolute atomic E-state index is 0.297. The van der Waals surface area contributed by atoms with Gasteiger partial charge in [-0.15, -0.1) is 0 Å². The van der Waals surface area contributed by atoms with Gasteiger partial charge in [-0.1, -0.05) is 41.0 Å². The van der Waals surface area contributed by atoms with Gasteiger partial charge in [0.05, 0.1) is 11.6 Å². The van der Waals surface area contributed by atoms with Gasteiger partial charge in [0.1, 0.15) is 23.6 Å². The summed E-state index contributed by atoms with van der Waals surface area (Å²) in [7, 11) is 1.61. The molecule has 2 heterocycles. The number of amides is 1. The second-order valence-corrected chi connectivity index (χ2v) is 6.38. The summed E-state index contributed by atoms with van der Waals surface area (Å²) in [6.45, 7) is 2.91. The van der Waals surface area contributed by atoms with Crippen molar-refractivity contribution < 1.29 is 18.8 Å². The molecule has 0 aliphatic heterocycles. The average molecular weight is 402 g/mol. The van der Waals surface area contributed by atoms with E-state index in [2.05, 4.69) is 15.5 Å². The molecule has 1 N–H and O–H groups in total. The van der Waals surface area contributed by atoms with Crippen molar-refractivity contribution in [3.63, 3.8) is 0 Å². The van der Waals surface area contributed by atoms with Crippen LogP contribution in [-0.2, 0) is 11.3 Å². The van der Waals surface area contributed by atoms with Gasteiger partial charge >= 0.3 is 0 Å². The molecule has 7 nitrogen and oxygen atoms in total. The summed E-state index contributed by atoms with van der Waals surface area (Å²) in [6.07, 6.45) is 1.65. The summed E-state index contributed by atoms with van der Waals surface area (Å²) in [5.74, 6) is 0.629. The van der Waals surface area contributed by atoms with Crippen molar-refractivity contribution in [3.8, 4) is 17.1 Å². The molecule has 0 atom stereocenters. The summed E-state index contributed by atoms with van der Waals surface area (Å²) in [6, 6.07) is 10.8. The van der Waals surface area contributed by atoms with Crippen LogP contribution in [0.5, 0.6) is 5.88 Å². The second-order valence-electron chi connectivity index (χ2n) is 5.97. The van der Waals surface area contributed by atoms with Crippen LogP contribution in [0.4, 0.5) is 0 Å². The molecule has 8 heteroatoms. The largest absolute Gasteiger partial charge is 0.475 e. The van der Waals surface area contributed by atoms with Gasteiger partial charge in [0, 0.05) is 31.5 Å². The topological polar surface area (TPSA) is 86.5 Å². The summed E-state index contributed by atoms with van der Waals surface area (Å²) in [5, 5.41) is 7.37. The lowest BCUT2D eigenvalue weighted by atomic mass is 10.1.